The normalized spacial score (nSPS) is 17.3. The molecule has 1 aliphatic heterocycles. The number of nitrogens with one attached hydrogen (secondary N) is 1. The van der Waals surface area contributed by atoms with Crippen LogP contribution >= 0.6 is 0 Å². The molecule has 1 aliphatic rings. The quantitative estimate of drug-likeness (QED) is 0.728. The average Bonchev–Trinajstić information content (AvgIpc) is 2.61. The van der Waals surface area contributed by atoms with Crippen LogP contribution in [0.1, 0.15) is 18.4 Å². The van der Waals surface area contributed by atoms with Crippen molar-refractivity contribution in [3.05, 3.63) is 30.1 Å². The van der Waals surface area contributed by atoms with E-state index in [-0.39, 0.29) is 31.6 Å². The van der Waals surface area contributed by atoms with Crippen LogP contribution in [0.5, 0.6) is 0 Å². The summed E-state index contributed by atoms with van der Waals surface area (Å²) in [5.74, 6) is -2.02. The molecule has 8 nitrogen and oxygen atoms in total. The fourth-order valence-corrected chi connectivity index (χ4v) is 2.48. The third-order valence-electron chi connectivity index (χ3n) is 3.79. The Kier molecular flexibility index (Phi) is 6.68. The maximum Gasteiger partial charge on any atom is 0.308 e. The van der Waals surface area contributed by atoms with Crippen molar-refractivity contribution in [1.82, 2.24) is 15.2 Å². The summed E-state index contributed by atoms with van der Waals surface area (Å²) in [5.41, 5.74) is 0.870. The molecule has 0 aliphatic carbocycles. The van der Waals surface area contributed by atoms with E-state index in [1.807, 2.05) is 6.07 Å². The summed E-state index contributed by atoms with van der Waals surface area (Å²) in [6.45, 7) is 0.620. The van der Waals surface area contributed by atoms with Gasteiger partial charge in [0.05, 0.1) is 5.92 Å². The predicted octanol–water partition coefficient (Wildman–Crippen LogP) is 0.0376. The van der Waals surface area contributed by atoms with E-state index in [2.05, 4.69) is 10.3 Å². The molecule has 2 heterocycles. The number of hydrogen-bond donors (Lipinski definition) is 2. The highest BCUT2D eigenvalue weighted by Crippen LogP contribution is 2.16. The zero-order chi connectivity index (χ0) is 17.4. The third-order valence-corrected chi connectivity index (χ3v) is 3.79. The number of aromatic nitrogens is 1. The summed E-state index contributed by atoms with van der Waals surface area (Å²) >= 11 is 0. The first kappa shape index (κ1) is 17.9. The predicted molar refractivity (Wildman–Crippen MR) is 83.8 cm³/mol. The smallest absolute Gasteiger partial charge is 0.308 e. The Morgan fingerprint density at radius 2 is 2.21 bits per heavy atom. The summed E-state index contributed by atoms with van der Waals surface area (Å²) in [6.07, 6.45) is 4.54. The molecule has 0 saturated carbocycles. The van der Waals surface area contributed by atoms with Gasteiger partial charge in [-0.2, -0.15) is 0 Å². The molecular weight excluding hydrogens is 314 g/mol. The molecule has 130 valence electrons. The van der Waals surface area contributed by atoms with E-state index in [1.165, 1.54) is 4.90 Å². The van der Waals surface area contributed by atoms with Crippen molar-refractivity contribution >= 4 is 17.8 Å². The molecule has 0 spiro atoms. The molecule has 1 saturated heterocycles. The number of likely N-dealkylation sites (tertiary alicyclic amines) is 1. The Bertz CT molecular complexity index is 578. The van der Waals surface area contributed by atoms with Gasteiger partial charge in [-0.1, -0.05) is 6.07 Å². The molecule has 1 aromatic heterocycles. The van der Waals surface area contributed by atoms with Crippen LogP contribution in [0.3, 0.4) is 0 Å². The number of ether oxygens (including phenoxy) is 1. The number of piperidine rings is 1. The lowest BCUT2D eigenvalue weighted by molar-refractivity contribution is -0.147. The standard InChI is InChI=1S/C16H21N3O5/c20-14(18-8-12-3-1-5-17-7-12)10-24-11-15(21)19-6-2-4-13(9-19)16(22)23/h1,3,5,7,13H,2,4,6,8-11H2,(H,18,20)(H,22,23). The van der Waals surface area contributed by atoms with Gasteiger partial charge < -0.3 is 20.1 Å². The molecule has 2 N–H and O–H groups in total. The van der Waals surface area contributed by atoms with Gasteiger partial charge in [0.25, 0.3) is 0 Å². The number of hydrogen-bond acceptors (Lipinski definition) is 5. The van der Waals surface area contributed by atoms with Crippen LogP contribution in [0, 0.1) is 5.92 Å². The Morgan fingerprint density at radius 3 is 2.92 bits per heavy atom. The van der Waals surface area contributed by atoms with Crippen molar-refractivity contribution in [3.63, 3.8) is 0 Å². The number of carbonyl (C=O) groups excluding carboxylic acids is 2. The highest BCUT2D eigenvalue weighted by molar-refractivity contribution is 5.80. The van der Waals surface area contributed by atoms with Gasteiger partial charge in [0.15, 0.2) is 0 Å². The second-order valence-corrected chi connectivity index (χ2v) is 5.65. The number of rotatable bonds is 7. The minimum absolute atomic E-state index is 0.199. The first-order valence-electron chi connectivity index (χ1n) is 7.80. The number of nitrogens with zero attached hydrogens (tertiary/aromatic N) is 2. The number of carbonyl (C=O) groups is 3. The summed E-state index contributed by atoms with van der Waals surface area (Å²) in [7, 11) is 0. The summed E-state index contributed by atoms with van der Waals surface area (Å²) < 4.78 is 5.13. The first-order valence-corrected chi connectivity index (χ1v) is 7.80. The SMILES string of the molecule is O=C(COCC(=O)N1CCCC(C(=O)O)C1)NCc1cccnc1. The van der Waals surface area contributed by atoms with E-state index in [4.69, 9.17) is 9.84 Å². The molecule has 0 bridgehead atoms. The third kappa shape index (κ3) is 5.62. The maximum absolute atomic E-state index is 12.0. The van der Waals surface area contributed by atoms with Gasteiger partial charge in [0, 0.05) is 32.0 Å². The lowest BCUT2D eigenvalue weighted by atomic mass is 9.98. The van der Waals surface area contributed by atoms with Crippen molar-refractivity contribution in [3.8, 4) is 0 Å². The molecule has 0 radical (unpaired) electrons. The number of pyridine rings is 1. The van der Waals surface area contributed by atoms with Crippen LogP contribution < -0.4 is 5.32 Å². The van der Waals surface area contributed by atoms with Gasteiger partial charge >= 0.3 is 5.97 Å². The largest absolute Gasteiger partial charge is 0.481 e. The van der Waals surface area contributed by atoms with Crippen molar-refractivity contribution in [2.24, 2.45) is 5.92 Å². The van der Waals surface area contributed by atoms with Crippen LogP contribution in [-0.4, -0.2) is 59.1 Å². The van der Waals surface area contributed by atoms with Crippen molar-refractivity contribution in [2.45, 2.75) is 19.4 Å². The van der Waals surface area contributed by atoms with E-state index in [9.17, 15) is 14.4 Å². The number of amides is 2. The van der Waals surface area contributed by atoms with Crippen LogP contribution in [0.4, 0.5) is 0 Å². The monoisotopic (exact) mass is 335 g/mol. The van der Waals surface area contributed by atoms with Gasteiger partial charge in [-0.15, -0.1) is 0 Å². The van der Waals surface area contributed by atoms with Crippen LogP contribution in [0.25, 0.3) is 0 Å². The first-order chi connectivity index (χ1) is 11.6. The minimum atomic E-state index is -0.886. The van der Waals surface area contributed by atoms with Gasteiger partial charge in [0.2, 0.25) is 11.8 Å². The molecular formula is C16H21N3O5. The van der Waals surface area contributed by atoms with Gasteiger partial charge in [-0.25, -0.2) is 0 Å². The van der Waals surface area contributed by atoms with Crippen LogP contribution in [0.2, 0.25) is 0 Å². The minimum Gasteiger partial charge on any atom is -0.481 e. The lowest BCUT2D eigenvalue weighted by Gasteiger charge is -2.30. The molecule has 1 aromatic rings. The van der Waals surface area contributed by atoms with Gasteiger partial charge in [0.1, 0.15) is 13.2 Å². The zero-order valence-electron chi connectivity index (χ0n) is 13.3. The topological polar surface area (TPSA) is 109 Å². The highest BCUT2D eigenvalue weighted by Gasteiger charge is 2.28. The van der Waals surface area contributed by atoms with E-state index in [1.54, 1.807) is 18.5 Å². The van der Waals surface area contributed by atoms with E-state index < -0.39 is 11.9 Å². The second kappa shape index (κ2) is 8.97. The molecule has 0 aromatic carbocycles. The summed E-state index contributed by atoms with van der Waals surface area (Å²) in [5, 5.41) is 11.7. The molecule has 8 heteroatoms. The summed E-state index contributed by atoms with van der Waals surface area (Å²) in [4.78, 5) is 40.1. The molecule has 2 rings (SSSR count). The maximum atomic E-state index is 12.0. The molecule has 24 heavy (non-hydrogen) atoms. The summed E-state index contributed by atoms with van der Waals surface area (Å²) in [6, 6.07) is 3.62. The van der Waals surface area contributed by atoms with Crippen molar-refractivity contribution in [2.75, 3.05) is 26.3 Å². The van der Waals surface area contributed by atoms with E-state index in [0.29, 0.717) is 25.9 Å². The van der Waals surface area contributed by atoms with Gasteiger partial charge in [-0.05, 0) is 24.5 Å². The average molecular weight is 335 g/mol. The Morgan fingerprint density at radius 1 is 1.38 bits per heavy atom. The van der Waals surface area contributed by atoms with Crippen molar-refractivity contribution in [1.29, 1.82) is 0 Å². The second-order valence-electron chi connectivity index (χ2n) is 5.65. The Balaban J connectivity index is 1.65. The van der Waals surface area contributed by atoms with E-state index in [0.717, 1.165) is 5.56 Å². The van der Waals surface area contributed by atoms with Crippen molar-refractivity contribution < 1.29 is 24.2 Å². The fraction of sp³-hybridized carbons (Fsp3) is 0.500. The Labute approximate surface area is 139 Å². The fourth-order valence-electron chi connectivity index (χ4n) is 2.48. The molecule has 1 fully saturated rings. The number of carboxylic acid groups (broad SMARTS) is 1. The van der Waals surface area contributed by atoms with E-state index >= 15 is 0 Å². The Hall–Kier alpha value is -2.48. The number of carboxylic acids is 1. The van der Waals surface area contributed by atoms with Crippen LogP contribution in [-0.2, 0) is 25.7 Å². The van der Waals surface area contributed by atoms with Crippen LogP contribution in [0.15, 0.2) is 24.5 Å². The van der Waals surface area contributed by atoms with Gasteiger partial charge in [-0.3, -0.25) is 19.4 Å². The molecule has 2 amide bonds. The highest BCUT2D eigenvalue weighted by atomic mass is 16.5. The lowest BCUT2D eigenvalue weighted by Crippen LogP contribution is -2.44. The molecule has 1 unspecified atom stereocenters. The number of aliphatic carboxylic acids is 1. The zero-order valence-corrected chi connectivity index (χ0v) is 13.3. The molecule has 1 atom stereocenters.